The predicted octanol–water partition coefficient (Wildman–Crippen LogP) is 3.28. The van der Waals surface area contributed by atoms with Crippen LogP contribution in [0, 0.1) is 5.92 Å². The van der Waals surface area contributed by atoms with Gasteiger partial charge in [0.25, 0.3) is 0 Å². The summed E-state index contributed by atoms with van der Waals surface area (Å²) in [5, 5.41) is 0. The summed E-state index contributed by atoms with van der Waals surface area (Å²) in [7, 11) is 6.17. The molecule has 2 atom stereocenters. The maximum Gasteiger partial charge on any atom is 0.203 e. The summed E-state index contributed by atoms with van der Waals surface area (Å²) in [6.45, 7) is 1.80. The van der Waals surface area contributed by atoms with E-state index >= 15 is 0 Å². The van der Waals surface area contributed by atoms with Crippen molar-refractivity contribution < 1.29 is 28.5 Å². The molecule has 0 N–H and O–H groups in total. The molecule has 3 rings (SSSR count). The van der Waals surface area contributed by atoms with Gasteiger partial charge in [0.05, 0.1) is 34.4 Å². The summed E-state index contributed by atoms with van der Waals surface area (Å²) in [6.07, 6.45) is 5.43. The molecule has 1 heterocycles. The summed E-state index contributed by atoms with van der Waals surface area (Å²) in [4.78, 5) is 13.2. The minimum atomic E-state index is -0.240. The second kappa shape index (κ2) is 7.15. The molecular formula is C20H22O6. The fraction of sp³-hybridized carbons (Fsp3) is 0.350. The lowest BCUT2D eigenvalue weighted by molar-refractivity contribution is 0.102. The van der Waals surface area contributed by atoms with Crippen molar-refractivity contribution >= 4 is 5.78 Å². The molecule has 0 saturated carbocycles. The number of ether oxygens (including phenoxy) is 5. The Kier molecular flexibility index (Phi) is 4.93. The van der Waals surface area contributed by atoms with Gasteiger partial charge in [0.15, 0.2) is 17.3 Å². The van der Waals surface area contributed by atoms with Gasteiger partial charge in [-0.1, -0.05) is 6.08 Å². The third-order valence-corrected chi connectivity index (χ3v) is 4.58. The maximum absolute atomic E-state index is 13.2. The van der Waals surface area contributed by atoms with Crippen LogP contribution in [0.2, 0.25) is 0 Å². The van der Waals surface area contributed by atoms with Gasteiger partial charge in [-0.2, -0.15) is 0 Å². The zero-order valence-electron chi connectivity index (χ0n) is 15.5. The summed E-state index contributed by atoms with van der Waals surface area (Å²) in [5.41, 5.74) is 1.07. The number of benzene rings is 1. The molecule has 1 aliphatic heterocycles. The van der Waals surface area contributed by atoms with Crippen molar-refractivity contribution in [2.24, 2.45) is 5.92 Å². The highest BCUT2D eigenvalue weighted by Crippen LogP contribution is 2.42. The number of rotatable bonds is 6. The fourth-order valence-corrected chi connectivity index (χ4v) is 3.31. The summed E-state index contributed by atoms with van der Waals surface area (Å²) >= 11 is 0. The standard InChI is InChI=1S/C20H22O6/c1-11-18(14-7-6-13(22-2)10-15(14)26-11)19(21)12-8-16(23-3)20(25-5)17(9-12)24-4/h6-10,14-15H,1-5H3. The summed E-state index contributed by atoms with van der Waals surface area (Å²) in [5.74, 6) is 2.36. The van der Waals surface area contributed by atoms with E-state index < -0.39 is 0 Å². The molecule has 2 unspecified atom stereocenters. The van der Waals surface area contributed by atoms with E-state index in [0.29, 0.717) is 34.1 Å². The first-order valence-electron chi connectivity index (χ1n) is 8.20. The molecule has 0 saturated heterocycles. The molecule has 0 fully saturated rings. The van der Waals surface area contributed by atoms with Crippen molar-refractivity contribution in [3.8, 4) is 17.2 Å². The van der Waals surface area contributed by atoms with Crippen LogP contribution in [0.4, 0.5) is 0 Å². The molecule has 0 amide bonds. The number of methoxy groups -OCH3 is 4. The number of carbonyl (C=O) groups excluding carboxylic acids is 1. The summed E-state index contributed by atoms with van der Waals surface area (Å²) < 4.78 is 27.1. The van der Waals surface area contributed by atoms with Gasteiger partial charge in [0.1, 0.15) is 17.6 Å². The Morgan fingerprint density at radius 1 is 1.00 bits per heavy atom. The lowest BCUT2D eigenvalue weighted by atomic mass is 9.86. The molecule has 2 aliphatic rings. The number of allylic oxidation sites excluding steroid dienone is 2. The first kappa shape index (κ1) is 17.9. The molecule has 0 radical (unpaired) electrons. The average molecular weight is 358 g/mol. The van der Waals surface area contributed by atoms with E-state index in [1.54, 1.807) is 26.2 Å². The van der Waals surface area contributed by atoms with Gasteiger partial charge in [-0.15, -0.1) is 0 Å². The van der Waals surface area contributed by atoms with Crippen molar-refractivity contribution in [2.45, 2.75) is 13.0 Å². The lowest BCUT2D eigenvalue weighted by Gasteiger charge is -2.20. The molecule has 6 nitrogen and oxygen atoms in total. The van der Waals surface area contributed by atoms with Gasteiger partial charge in [-0.25, -0.2) is 0 Å². The lowest BCUT2D eigenvalue weighted by Crippen LogP contribution is -2.21. The van der Waals surface area contributed by atoms with E-state index in [2.05, 4.69) is 0 Å². The topological polar surface area (TPSA) is 63.2 Å². The molecule has 1 aliphatic carbocycles. The first-order valence-corrected chi connectivity index (χ1v) is 8.20. The quantitative estimate of drug-likeness (QED) is 0.727. The van der Waals surface area contributed by atoms with Gasteiger partial charge in [-0.05, 0) is 31.2 Å². The highest BCUT2D eigenvalue weighted by atomic mass is 16.5. The Hall–Kier alpha value is -2.89. The van der Waals surface area contributed by atoms with Crippen molar-refractivity contribution in [3.05, 3.63) is 53.0 Å². The number of hydrogen-bond donors (Lipinski definition) is 0. The Morgan fingerprint density at radius 3 is 2.19 bits per heavy atom. The molecule has 1 aromatic rings. The number of ketones is 1. The van der Waals surface area contributed by atoms with Crippen molar-refractivity contribution in [1.29, 1.82) is 0 Å². The van der Waals surface area contributed by atoms with Crippen LogP contribution in [0.25, 0.3) is 0 Å². The Bertz CT molecular complexity index is 793. The van der Waals surface area contributed by atoms with Crippen LogP contribution in [0.5, 0.6) is 17.2 Å². The van der Waals surface area contributed by atoms with E-state index in [4.69, 9.17) is 23.7 Å². The van der Waals surface area contributed by atoms with E-state index in [1.165, 1.54) is 21.3 Å². The number of fused-ring (bicyclic) bond motifs is 1. The van der Waals surface area contributed by atoms with Crippen LogP contribution in [-0.2, 0) is 9.47 Å². The zero-order valence-corrected chi connectivity index (χ0v) is 15.5. The molecule has 6 heteroatoms. The predicted molar refractivity (Wildman–Crippen MR) is 95.7 cm³/mol. The van der Waals surface area contributed by atoms with Crippen LogP contribution in [-0.4, -0.2) is 40.3 Å². The third kappa shape index (κ3) is 2.92. The van der Waals surface area contributed by atoms with Crippen molar-refractivity contribution in [2.75, 3.05) is 28.4 Å². The number of hydrogen-bond acceptors (Lipinski definition) is 6. The minimum absolute atomic E-state index is 0.131. The second-order valence-electron chi connectivity index (χ2n) is 5.95. The zero-order chi connectivity index (χ0) is 18.8. The number of Topliss-reactive ketones (excluding diaryl/α,β-unsaturated/α-hetero) is 1. The summed E-state index contributed by atoms with van der Waals surface area (Å²) in [6, 6.07) is 3.31. The molecular weight excluding hydrogens is 336 g/mol. The Balaban J connectivity index is 1.99. The van der Waals surface area contributed by atoms with Gasteiger partial charge in [0.2, 0.25) is 5.75 Å². The first-order chi connectivity index (χ1) is 12.5. The van der Waals surface area contributed by atoms with E-state index in [1.807, 2.05) is 18.2 Å². The minimum Gasteiger partial charge on any atom is -0.497 e. The Labute approximate surface area is 152 Å². The van der Waals surface area contributed by atoms with Crippen LogP contribution in [0.3, 0.4) is 0 Å². The highest BCUT2D eigenvalue weighted by Gasteiger charge is 2.38. The number of carbonyl (C=O) groups is 1. The molecule has 138 valence electrons. The van der Waals surface area contributed by atoms with Gasteiger partial charge in [-0.3, -0.25) is 4.79 Å². The van der Waals surface area contributed by atoms with Gasteiger partial charge in [0, 0.05) is 11.1 Å². The fourth-order valence-electron chi connectivity index (χ4n) is 3.31. The van der Waals surface area contributed by atoms with E-state index in [-0.39, 0.29) is 17.8 Å². The molecule has 0 bridgehead atoms. The van der Waals surface area contributed by atoms with E-state index in [9.17, 15) is 4.79 Å². The van der Waals surface area contributed by atoms with Gasteiger partial charge >= 0.3 is 0 Å². The smallest absolute Gasteiger partial charge is 0.203 e. The van der Waals surface area contributed by atoms with Crippen LogP contribution >= 0.6 is 0 Å². The largest absolute Gasteiger partial charge is 0.497 e. The molecule has 26 heavy (non-hydrogen) atoms. The van der Waals surface area contributed by atoms with Crippen LogP contribution in [0.1, 0.15) is 17.3 Å². The SMILES string of the molecule is COC1=CC2OC(C)=C(C(=O)c3cc(OC)c(OC)c(OC)c3)C2C=C1. The van der Waals surface area contributed by atoms with Crippen LogP contribution in [0.15, 0.2) is 47.5 Å². The maximum atomic E-state index is 13.2. The monoisotopic (exact) mass is 358 g/mol. The average Bonchev–Trinajstić information content (AvgIpc) is 3.00. The van der Waals surface area contributed by atoms with Gasteiger partial charge < -0.3 is 23.7 Å². The molecule has 0 aromatic heterocycles. The van der Waals surface area contributed by atoms with Crippen molar-refractivity contribution in [1.82, 2.24) is 0 Å². The second-order valence-corrected chi connectivity index (χ2v) is 5.95. The molecule has 1 aromatic carbocycles. The van der Waals surface area contributed by atoms with Crippen molar-refractivity contribution in [3.63, 3.8) is 0 Å². The third-order valence-electron chi connectivity index (χ3n) is 4.58. The Morgan fingerprint density at radius 2 is 1.65 bits per heavy atom. The van der Waals surface area contributed by atoms with Crippen LogP contribution < -0.4 is 14.2 Å². The molecule has 0 spiro atoms. The normalized spacial score (nSPS) is 20.9. The highest BCUT2D eigenvalue weighted by molar-refractivity contribution is 6.10. The van der Waals surface area contributed by atoms with E-state index in [0.717, 1.165) is 5.76 Å².